The van der Waals surface area contributed by atoms with Gasteiger partial charge in [-0.15, -0.1) is 10.2 Å². The zero-order valence-corrected chi connectivity index (χ0v) is 34.2. The van der Waals surface area contributed by atoms with Crippen LogP contribution in [0.15, 0.2) is 73.6 Å². The van der Waals surface area contributed by atoms with Gasteiger partial charge in [0.2, 0.25) is 23.7 Å². The van der Waals surface area contributed by atoms with E-state index in [0.29, 0.717) is 126 Å². The number of nitrogen functional groups attached to an aromatic ring is 2. The lowest BCUT2D eigenvalue weighted by molar-refractivity contribution is 0.0110. The van der Waals surface area contributed by atoms with Crippen molar-refractivity contribution in [3.8, 4) is 11.8 Å². The number of imidazole rings is 2. The number of hydrogen-bond donors (Lipinski definition) is 4. The van der Waals surface area contributed by atoms with E-state index in [1.807, 2.05) is 60.9 Å². The van der Waals surface area contributed by atoms with Crippen molar-refractivity contribution in [2.24, 2.45) is 0 Å². The number of aromatic amines is 2. The highest BCUT2D eigenvalue weighted by Crippen LogP contribution is 2.22. The summed E-state index contributed by atoms with van der Waals surface area (Å²) in [5.41, 5.74) is 19.1. The van der Waals surface area contributed by atoms with E-state index in [1.54, 1.807) is 9.36 Å². The molecule has 0 saturated heterocycles. The van der Waals surface area contributed by atoms with Crippen molar-refractivity contribution in [1.82, 2.24) is 69.9 Å². The summed E-state index contributed by atoms with van der Waals surface area (Å²) in [7, 11) is 0. The van der Waals surface area contributed by atoms with E-state index in [-0.39, 0.29) is 11.9 Å². The van der Waals surface area contributed by atoms with Crippen LogP contribution in [0.1, 0.15) is 33.6 Å². The van der Waals surface area contributed by atoms with Crippen molar-refractivity contribution in [1.29, 1.82) is 0 Å². The first kappa shape index (κ1) is 42.5. The Balaban J connectivity index is 0.608. The number of ether oxygens (including phenoxy) is 7. The standard InChI is InChI=1S/C40H46N16O7/c41-39-47-35-33(43-25-45-35)37(49-39)62-21-29-5-1-27(2-6-29)19-60-23-31-17-55(53-51-31)9-11-57-13-15-59-16-14-58-12-10-56-18-32(52-54-56)24-61-20-28-3-7-30(8-4-28)22-63-38-34-36(46-26-44-34)48-40(42)50-38/h1-8,17-18,25-26H,9-16,19-24H2,(H3,41,43,45,47,49)(H3,42,44,46,48,50). The molecule has 0 fully saturated rings. The first-order valence-electron chi connectivity index (χ1n) is 20.0. The first-order chi connectivity index (χ1) is 31.0. The number of rotatable bonds is 26. The predicted octanol–water partition coefficient (Wildman–Crippen LogP) is 2.71. The van der Waals surface area contributed by atoms with E-state index in [9.17, 15) is 0 Å². The van der Waals surface area contributed by atoms with Gasteiger partial charge in [0, 0.05) is 0 Å². The molecule has 6 aromatic heterocycles. The third-order valence-corrected chi connectivity index (χ3v) is 9.21. The minimum absolute atomic E-state index is 0.116. The monoisotopic (exact) mass is 862 g/mol. The quantitative estimate of drug-likeness (QED) is 0.0569. The summed E-state index contributed by atoms with van der Waals surface area (Å²) in [4.78, 5) is 30.7. The van der Waals surface area contributed by atoms with E-state index >= 15 is 0 Å². The fraction of sp³-hybridized carbons (Fsp3) is 0.350. The summed E-state index contributed by atoms with van der Waals surface area (Å²) >= 11 is 0. The molecule has 0 aliphatic carbocycles. The minimum atomic E-state index is 0.116. The Labute approximate surface area is 359 Å². The molecule has 0 saturated carbocycles. The highest BCUT2D eigenvalue weighted by atomic mass is 16.5. The van der Waals surface area contributed by atoms with Gasteiger partial charge in [-0.2, -0.15) is 19.9 Å². The molecule has 6 heterocycles. The van der Waals surface area contributed by atoms with E-state index in [0.717, 1.165) is 33.6 Å². The highest BCUT2D eigenvalue weighted by Gasteiger charge is 2.12. The van der Waals surface area contributed by atoms with Gasteiger partial charge in [0.25, 0.3) is 0 Å². The van der Waals surface area contributed by atoms with Gasteiger partial charge < -0.3 is 54.6 Å². The van der Waals surface area contributed by atoms with Crippen molar-refractivity contribution >= 4 is 34.2 Å². The Morgan fingerprint density at radius 1 is 0.460 bits per heavy atom. The molecule has 23 heteroatoms. The lowest BCUT2D eigenvalue weighted by Gasteiger charge is -2.08. The SMILES string of the molecule is Nc1nc(OCc2ccc(COCc3cn(CCOCCOCCOCCn4cc(COCc5ccc(COc6nc(N)nc7[nH]cnc67)cc5)nn4)nn3)cc2)c2nc[nH]c2n1. The van der Waals surface area contributed by atoms with E-state index in [4.69, 9.17) is 44.6 Å². The maximum absolute atomic E-state index is 5.85. The van der Waals surface area contributed by atoms with Crippen LogP contribution in [0, 0.1) is 0 Å². The Kier molecular flexibility index (Phi) is 14.5. The van der Waals surface area contributed by atoms with Crippen molar-refractivity contribution < 1.29 is 33.2 Å². The van der Waals surface area contributed by atoms with Crippen LogP contribution in [-0.2, 0) is 76.4 Å². The predicted molar refractivity (Wildman–Crippen MR) is 223 cm³/mol. The Morgan fingerprint density at radius 3 is 1.29 bits per heavy atom. The highest BCUT2D eigenvalue weighted by molar-refractivity contribution is 5.77. The molecule has 0 unspecified atom stereocenters. The lowest BCUT2D eigenvalue weighted by Crippen LogP contribution is -2.14. The molecule has 0 spiro atoms. The molecule has 23 nitrogen and oxygen atoms in total. The van der Waals surface area contributed by atoms with Gasteiger partial charge in [0.05, 0.1) is 104 Å². The summed E-state index contributed by atoms with van der Waals surface area (Å²) in [6.45, 7) is 6.05. The average Bonchev–Trinajstić information content (AvgIpc) is 4.14. The van der Waals surface area contributed by atoms with Gasteiger partial charge in [-0.1, -0.05) is 59.0 Å². The number of benzene rings is 2. The number of H-pyrrole nitrogens is 2. The average molecular weight is 863 g/mol. The third kappa shape index (κ3) is 12.5. The van der Waals surface area contributed by atoms with Crippen LogP contribution < -0.4 is 20.9 Å². The zero-order chi connectivity index (χ0) is 43.1. The molecular weight excluding hydrogens is 817 g/mol. The molecule has 2 aromatic carbocycles. The number of anilines is 2. The number of fused-ring (bicyclic) bond motifs is 2. The third-order valence-electron chi connectivity index (χ3n) is 9.21. The fourth-order valence-electron chi connectivity index (χ4n) is 6.05. The molecule has 8 rings (SSSR count). The molecule has 8 aromatic rings. The molecule has 0 aliphatic rings. The summed E-state index contributed by atoms with van der Waals surface area (Å²) in [6, 6.07) is 15.8. The van der Waals surface area contributed by atoms with Crippen molar-refractivity contribution in [3.05, 3.63) is 107 Å². The van der Waals surface area contributed by atoms with Crippen molar-refractivity contribution in [2.75, 3.05) is 51.1 Å². The number of aromatic nitrogens is 14. The minimum Gasteiger partial charge on any atom is -0.471 e. The smallest absolute Gasteiger partial charge is 0.247 e. The van der Waals surface area contributed by atoms with Gasteiger partial charge >= 0.3 is 0 Å². The maximum Gasteiger partial charge on any atom is 0.247 e. The molecule has 0 radical (unpaired) electrons. The van der Waals surface area contributed by atoms with Crippen LogP contribution in [-0.4, -0.2) is 110 Å². The van der Waals surface area contributed by atoms with Gasteiger partial charge in [0.15, 0.2) is 22.3 Å². The van der Waals surface area contributed by atoms with Gasteiger partial charge in [-0.3, -0.25) is 0 Å². The van der Waals surface area contributed by atoms with Gasteiger partial charge in [-0.25, -0.2) is 19.3 Å². The van der Waals surface area contributed by atoms with E-state index in [2.05, 4.69) is 60.5 Å². The first-order valence-corrected chi connectivity index (χ1v) is 20.0. The van der Waals surface area contributed by atoms with Gasteiger partial charge in [-0.05, 0) is 22.3 Å². The molecule has 0 amide bonds. The molecule has 0 bridgehead atoms. The second kappa shape index (κ2) is 21.6. The number of hydrogen-bond acceptors (Lipinski definition) is 19. The van der Waals surface area contributed by atoms with Crippen LogP contribution in [0.25, 0.3) is 22.3 Å². The summed E-state index contributed by atoms with van der Waals surface area (Å²) < 4.78 is 43.8. The molecule has 328 valence electrons. The second-order valence-corrected chi connectivity index (χ2v) is 14.0. The van der Waals surface area contributed by atoms with Gasteiger partial charge in [0.1, 0.15) is 24.6 Å². The second-order valence-electron chi connectivity index (χ2n) is 14.0. The summed E-state index contributed by atoms with van der Waals surface area (Å²) in [6.07, 6.45) is 6.75. The summed E-state index contributed by atoms with van der Waals surface area (Å²) in [5.74, 6) is 0.896. The van der Waals surface area contributed by atoms with Crippen LogP contribution in [0.4, 0.5) is 11.9 Å². The van der Waals surface area contributed by atoms with Crippen LogP contribution in [0.2, 0.25) is 0 Å². The molecule has 0 atom stereocenters. The van der Waals surface area contributed by atoms with Crippen molar-refractivity contribution in [3.63, 3.8) is 0 Å². The normalized spacial score (nSPS) is 11.6. The fourth-order valence-corrected chi connectivity index (χ4v) is 6.05. The van der Waals surface area contributed by atoms with Crippen LogP contribution >= 0.6 is 0 Å². The topological polar surface area (TPSA) is 287 Å². The van der Waals surface area contributed by atoms with Crippen LogP contribution in [0.5, 0.6) is 11.8 Å². The molecule has 63 heavy (non-hydrogen) atoms. The Morgan fingerprint density at radius 2 is 0.857 bits per heavy atom. The molecule has 0 aliphatic heterocycles. The Hall–Kier alpha value is -7.18. The number of nitrogens with zero attached hydrogens (tertiary/aromatic N) is 12. The molecular formula is C40H46N16O7. The van der Waals surface area contributed by atoms with Crippen molar-refractivity contribution in [2.45, 2.75) is 52.7 Å². The summed E-state index contributed by atoms with van der Waals surface area (Å²) in [5, 5.41) is 16.7. The van der Waals surface area contributed by atoms with E-state index in [1.165, 1.54) is 12.7 Å². The van der Waals surface area contributed by atoms with E-state index < -0.39 is 0 Å². The number of nitrogens with two attached hydrogens (primary N) is 2. The lowest BCUT2D eigenvalue weighted by atomic mass is 10.1. The maximum atomic E-state index is 5.85. The van der Waals surface area contributed by atoms with Crippen LogP contribution in [0.3, 0.4) is 0 Å². The zero-order valence-electron chi connectivity index (χ0n) is 34.2. The molecule has 6 N–H and O–H groups in total. The largest absolute Gasteiger partial charge is 0.471 e. The number of nitrogens with one attached hydrogen (secondary N) is 2. The Bertz CT molecular complexity index is 2450.